The predicted octanol–water partition coefficient (Wildman–Crippen LogP) is 3.67. The third-order valence-corrected chi connectivity index (χ3v) is 5.41. The summed E-state index contributed by atoms with van der Waals surface area (Å²) >= 11 is 0. The van der Waals surface area contributed by atoms with Crippen molar-refractivity contribution in [3.05, 3.63) is 66.1 Å². The number of hydrogen-bond donors (Lipinski definition) is 2. The summed E-state index contributed by atoms with van der Waals surface area (Å²) in [5.41, 5.74) is 4.00. The zero-order valence-corrected chi connectivity index (χ0v) is 16.6. The molecule has 1 aliphatic rings. The summed E-state index contributed by atoms with van der Waals surface area (Å²) in [4.78, 5) is 24.8. The van der Waals surface area contributed by atoms with Gasteiger partial charge in [0.2, 0.25) is 11.8 Å². The second-order valence-corrected chi connectivity index (χ2v) is 7.54. The van der Waals surface area contributed by atoms with Gasteiger partial charge in [0.05, 0.1) is 0 Å². The van der Waals surface area contributed by atoms with Gasteiger partial charge < -0.3 is 15.0 Å². The van der Waals surface area contributed by atoms with Gasteiger partial charge in [-0.3, -0.25) is 0 Å². The topological polar surface area (TPSA) is 102 Å². The number of nitrogens with one attached hydrogen (secondary N) is 2. The lowest BCUT2D eigenvalue weighted by Gasteiger charge is -2.15. The molecule has 30 heavy (non-hydrogen) atoms. The Hall–Kier alpha value is -3.55. The van der Waals surface area contributed by atoms with E-state index in [0.717, 1.165) is 47.0 Å². The summed E-state index contributed by atoms with van der Waals surface area (Å²) in [5.74, 6) is 1.28. The van der Waals surface area contributed by atoms with Crippen molar-refractivity contribution in [2.45, 2.75) is 44.8 Å². The maximum Gasteiger partial charge on any atom is 0.222 e. The molecule has 0 atom stereocenters. The Bertz CT molecular complexity index is 1120. The lowest BCUT2D eigenvalue weighted by atomic mass is 10.1. The van der Waals surface area contributed by atoms with Crippen LogP contribution < -0.4 is 10.1 Å². The minimum Gasteiger partial charge on any atom is -0.474 e. The van der Waals surface area contributed by atoms with E-state index in [0.29, 0.717) is 18.4 Å². The average molecular weight is 401 g/mol. The summed E-state index contributed by atoms with van der Waals surface area (Å²) in [7, 11) is 0. The third-order valence-electron chi connectivity index (χ3n) is 5.41. The minimum absolute atomic E-state index is 0.282. The molecule has 0 spiro atoms. The van der Waals surface area contributed by atoms with Gasteiger partial charge in [0.1, 0.15) is 18.1 Å². The van der Waals surface area contributed by atoms with E-state index in [1.165, 1.54) is 12.8 Å². The smallest absolute Gasteiger partial charge is 0.222 e. The first-order valence-corrected chi connectivity index (χ1v) is 10.3. The van der Waals surface area contributed by atoms with Crippen molar-refractivity contribution in [2.75, 3.05) is 5.32 Å². The lowest BCUT2D eigenvalue weighted by Crippen LogP contribution is -2.14. The standard InChI is InChI=1S/C22H23N7O/c1-2-6-18(5-1)30-21-16(4-3-7-24-21)11-28-22-26-9-15(10-27-22)8-17-12-25-20-19(17)13-23-14-29-20/h3-4,7,9-10,12-14,18H,1-2,5-6,8,11H2,(H,23,25,29)(H,26,27,28). The zero-order chi connectivity index (χ0) is 20.2. The van der Waals surface area contributed by atoms with Gasteiger partial charge in [-0.1, -0.05) is 6.07 Å². The van der Waals surface area contributed by atoms with Crippen molar-refractivity contribution in [1.82, 2.24) is 29.9 Å². The second-order valence-electron chi connectivity index (χ2n) is 7.54. The van der Waals surface area contributed by atoms with Gasteiger partial charge in [-0.2, -0.15) is 0 Å². The molecule has 1 saturated carbocycles. The van der Waals surface area contributed by atoms with E-state index >= 15 is 0 Å². The van der Waals surface area contributed by atoms with Crippen LogP contribution in [0.15, 0.2) is 49.4 Å². The normalized spacial score (nSPS) is 14.3. The second kappa shape index (κ2) is 8.44. The van der Waals surface area contributed by atoms with Crippen LogP contribution in [0.5, 0.6) is 5.88 Å². The quantitative estimate of drug-likeness (QED) is 0.487. The number of nitrogens with zero attached hydrogens (tertiary/aromatic N) is 5. The van der Waals surface area contributed by atoms with Crippen LogP contribution >= 0.6 is 0 Å². The third kappa shape index (κ3) is 4.07. The van der Waals surface area contributed by atoms with Crippen molar-refractivity contribution in [2.24, 2.45) is 0 Å². The molecule has 0 amide bonds. The molecule has 4 aromatic heterocycles. The molecule has 0 saturated heterocycles. The van der Waals surface area contributed by atoms with Crippen LogP contribution in [0.1, 0.15) is 42.4 Å². The summed E-state index contributed by atoms with van der Waals surface area (Å²) < 4.78 is 6.10. The molecular weight excluding hydrogens is 378 g/mol. The van der Waals surface area contributed by atoms with Gasteiger partial charge in [-0.15, -0.1) is 0 Å². The molecule has 1 fully saturated rings. The van der Waals surface area contributed by atoms with E-state index in [-0.39, 0.29) is 6.10 Å². The summed E-state index contributed by atoms with van der Waals surface area (Å²) in [6, 6.07) is 3.95. The molecule has 8 nitrogen and oxygen atoms in total. The molecular formula is C22H23N7O. The molecule has 0 aliphatic heterocycles. The molecule has 2 N–H and O–H groups in total. The van der Waals surface area contributed by atoms with Crippen LogP contribution in [0.4, 0.5) is 5.95 Å². The van der Waals surface area contributed by atoms with Crippen molar-refractivity contribution >= 4 is 17.0 Å². The fourth-order valence-electron chi connectivity index (χ4n) is 3.82. The van der Waals surface area contributed by atoms with E-state index < -0.39 is 0 Å². The number of hydrogen-bond acceptors (Lipinski definition) is 7. The Morgan fingerprint density at radius 1 is 1.03 bits per heavy atom. The highest BCUT2D eigenvalue weighted by molar-refractivity contribution is 5.78. The molecule has 0 aromatic carbocycles. The number of aromatic amines is 1. The maximum atomic E-state index is 6.10. The fourth-order valence-corrected chi connectivity index (χ4v) is 3.82. The Kier molecular flexibility index (Phi) is 5.20. The first-order valence-electron chi connectivity index (χ1n) is 10.3. The average Bonchev–Trinajstić information content (AvgIpc) is 3.45. The number of anilines is 1. The Morgan fingerprint density at radius 2 is 1.90 bits per heavy atom. The Labute approximate surface area is 174 Å². The first kappa shape index (κ1) is 18.5. The van der Waals surface area contributed by atoms with E-state index in [4.69, 9.17) is 4.74 Å². The molecule has 1 aliphatic carbocycles. The van der Waals surface area contributed by atoms with Crippen molar-refractivity contribution in [3.8, 4) is 5.88 Å². The van der Waals surface area contributed by atoms with Crippen LogP contribution in [0.25, 0.3) is 11.0 Å². The Morgan fingerprint density at radius 3 is 2.77 bits per heavy atom. The van der Waals surface area contributed by atoms with E-state index in [9.17, 15) is 0 Å². The number of pyridine rings is 1. The predicted molar refractivity (Wildman–Crippen MR) is 113 cm³/mol. The number of ether oxygens (including phenoxy) is 1. The van der Waals surface area contributed by atoms with E-state index in [2.05, 4.69) is 35.2 Å². The van der Waals surface area contributed by atoms with Crippen molar-refractivity contribution in [1.29, 1.82) is 0 Å². The van der Waals surface area contributed by atoms with Gasteiger partial charge in [-0.05, 0) is 42.9 Å². The lowest BCUT2D eigenvalue weighted by molar-refractivity contribution is 0.199. The highest BCUT2D eigenvalue weighted by Crippen LogP contribution is 2.25. The van der Waals surface area contributed by atoms with Gasteiger partial charge in [-0.25, -0.2) is 24.9 Å². The summed E-state index contributed by atoms with van der Waals surface area (Å²) in [5, 5.41) is 4.29. The van der Waals surface area contributed by atoms with Crippen LogP contribution in [0.3, 0.4) is 0 Å². The van der Waals surface area contributed by atoms with Crippen molar-refractivity contribution in [3.63, 3.8) is 0 Å². The molecule has 4 heterocycles. The SMILES string of the molecule is c1cnc(OC2CCCC2)c(CNc2ncc(Cc3c[nH]c4ncncc34)cn2)c1. The molecule has 4 aromatic rings. The number of aromatic nitrogens is 6. The van der Waals surface area contributed by atoms with E-state index in [1.807, 2.05) is 36.9 Å². The van der Waals surface area contributed by atoms with Gasteiger partial charge in [0.25, 0.3) is 0 Å². The van der Waals surface area contributed by atoms with Crippen LogP contribution in [-0.2, 0) is 13.0 Å². The molecule has 5 rings (SSSR count). The monoisotopic (exact) mass is 401 g/mol. The maximum absolute atomic E-state index is 6.10. The summed E-state index contributed by atoms with van der Waals surface area (Å²) in [6.07, 6.45) is 16.5. The number of H-pyrrole nitrogens is 1. The molecule has 8 heteroatoms. The largest absolute Gasteiger partial charge is 0.474 e. The zero-order valence-electron chi connectivity index (χ0n) is 16.6. The molecule has 152 valence electrons. The van der Waals surface area contributed by atoms with Gasteiger partial charge in [0.15, 0.2) is 0 Å². The van der Waals surface area contributed by atoms with Crippen LogP contribution in [0.2, 0.25) is 0 Å². The first-order chi connectivity index (χ1) is 14.8. The van der Waals surface area contributed by atoms with Crippen LogP contribution in [-0.4, -0.2) is 36.0 Å². The Balaban J connectivity index is 1.23. The highest BCUT2D eigenvalue weighted by Gasteiger charge is 2.18. The molecule has 0 unspecified atom stereocenters. The van der Waals surface area contributed by atoms with Gasteiger partial charge in [0, 0.05) is 54.9 Å². The number of fused-ring (bicyclic) bond motifs is 1. The number of rotatable bonds is 7. The highest BCUT2D eigenvalue weighted by atomic mass is 16.5. The summed E-state index contributed by atoms with van der Waals surface area (Å²) in [6.45, 7) is 0.565. The minimum atomic E-state index is 0.282. The van der Waals surface area contributed by atoms with Gasteiger partial charge >= 0.3 is 0 Å². The molecule has 0 bridgehead atoms. The van der Waals surface area contributed by atoms with E-state index in [1.54, 1.807) is 12.5 Å². The molecule has 0 radical (unpaired) electrons. The van der Waals surface area contributed by atoms with Crippen molar-refractivity contribution < 1.29 is 4.74 Å². The fraction of sp³-hybridized carbons (Fsp3) is 0.318. The van der Waals surface area contributed by atoms with Crippen LogP contribution in [0, 0.1) is 0 Å².